The molecule has 1 aliphatic carbocycles. The van der Waals surface area contributed by atoms with Crippen LogP contribution < -0.4 is 5.32 Å². The van der Waals surface area contributed by atoms with Crippen LogP contribution >= 0.6 is 0 Å². The van der Waals surface area contributed by atoms with Gasteiger partial charge in [0.25, 0.3) is 0 Å². The summed E-state index contributed by atoms with van der Waals surface area (Å²) in [7, 11) is 0. The minimum Gasteiger partial charge on any atom is -0.353 e. The molecule has 0 spiro atoms. The predicted molar refractivity (Wildman–Crippen MR) is 49.1 cm³/mol. The van der Waals surface area contributed by atoms with Crippen molar-refractivity contribution in [2.75, 3.05) is 0 Å². The summed E-state index contributed by atoms with van der Waals surface area (Å²) < 4.78 is 0. The minimum absolute atomic E-state index is 0.0844. The molecule has 3 heteroatoms. The third-order valence-electron chi connectivity index (χ3n) is 2.01. The Labute approximate surface area is 77.2 Å². The van der Waals surface area contributed by atoms with Crippen LogP contribution in [0.5, 0.6) is 0 Å². The molecule has 0 aliphatic heterocycles. The number of nitrogens with one attached hydrogen (secondary N) is 1. The molecule has 0 aromatic carbocycles. The Kier molecular flexibility index (Phi) is 2.25. The van der Waals surface area contributed by atoms with E-state index in [-0.39, 0.29) is 5.91 Å². The standard InChI is InChI=1S/C10H12N2O/c13-10(12-8-4-5-8)7-9-3-1-2-6-11-9/h1-3,6,8H,4-5,7H2,(H,12,13). The molecule has 1 N–H and O–H groups in total. The van der Waals surface area contributed by atoms with Gasteiger partial charge in [0.15, 0.2) is 0 Å². The van der Waals surface area contributed by atoms with Crippen LogP contribution in [0.4, 0.5) is 0 Å². The van der Waals surface area contributed by atoms with Crippen LogP contribution in [0.15, 0.2) is 24.4 Å². The fourth-order valence-corrected chi connectivity index (χ4v) is 1.17. The van der Waals surface area contributed by atoms with Gasteiger partial charge < -0.3 is 5.32 Å². The Hall–Kier alpha value is -1.38. The van der Waals surface area contributed by atoms with E-state index in [2.05, 4.69) is 10.3 Å². The van der Waals surface area contributed by atoms with Gasteiger partial charge in [-0.2, -0.15) is 0 Å². The number of aromatic nitrogens is 1. The van der Waals surface area contributed by atoms with Gasteiger partial charge in [0.05, 0.1) is 6.42 Å². The highest BCUT2D eigenvalue weighted by Crippen LogP contribution is 2.18. The van der Waals surface area contributed by atoms with Crippen molar-refractivity contribution in [1.29, 1.82) is 0 Å². The average molecular weight is 176 g/mol. The van der Waals surface area contributed by atoms with Gasteiger partial charge >= 0.3 is 0 Å². The summed E-state index contributed by atoms with van der Waals surface area (Å²) in [4.78, 5) is 15.4. The lowest BCUT2D eigenvalue weighted by molar-refractivity contribution is -0.120. The zero-order valence-electron chi connectivity index (χ0n) is 7.36. The summed E-state index contributed by atoms with van der Waals surface area (Å²) in [5.41, 5.74) is 0.834. The van der Waals surface area contributed by atoms with E-state index in [0.29, 0.717) is 12.5 Å². The van der Waals surface area contributed by atoms with Crippen LogP contribution in [0.3, 0.4) is 0 Å². The summed E-state index contributed by atoms with van der Waals surface area (Å²) >= 11 is 0. The Balaban J connectivity index is 1.86. The summed E-state index contributed by atoms with van der Waals surface area (Å²) in [6.07, 6.45) is 4.37. The number of carbonyl (C=O) groups excluding carboxylic acids is 1. The molecular weight excluding hydrogens is 164 g/mol. The van der Waals surface area contributed by atoms with E-state index in [4.69, 9.17) is 0 Å². The molecule has 1 fully saturated rings. The second kappa shape index (κ2) is 3.56. The lowest BCUT2D eigenvalue weighted by Crippen LogP contribution is -2.27. The largest absolute Gasteiger partial charge is 0.353 e. The molecule has 1 heterocycles. The van der Waals surface area contributed by atoms with Crippen molar-refractivity contribution in [3.05, 3.63) is 30.1 Å². The lowest BCUT2D eigenvalue weighted by atomic mass is 10.2. The highest BCUT2D eigenvalue weighted by atomic mass is 16.1. The molecule has 68 valence electrons. The zero-order chi connectivity index (χ0) is 9.10. The second-order valence-electron chi connectivity index (χ2n) is 3.34. The van der Waals surface area contributed by atoms with E-state index < -0.39 is 0 Å². The number of amides is 1. The highest BCUT2D eigenvalue weighted by molar-refractivity contribution is 5.78. The van der Waals surface area contributed by atoms with Gasteiger partial charge in [0, 0.05) is 17.9 Å². The van der Waals surface area contributed by atoms with E-state index >= 15 is 0 Å². The van der Waals surface area contributed by atoms with Gasteiger partial charge in [-0.15, -0.1) is 0 Å². The third kappa shape index (κ3) is 2.54. The SMILES string of the molecule is O=C(Cc1ccccn1)NC1CC1. The zero-order valence-corrected chi connectivity index (χ0v) is 7.36. The van der Waals surface area contributed by atoms with Gasteiger partial charge in [0.2, 0.25) is 5.91 Å². The van der Waals surface area contributed by atoms with Crippen molar-refractivity contribution < 1.29 is 4.79 Å². The maximum atomic E-state index is 11.3. The number of hydrogen-bond donors (Lipinski definition) is 1. The van der Waals surface area contributed by atoms with Crippen LogP contribution in [0.1, 0.15) is 18.5 Å². The quantitative estimate of drug-likeness (QED) is 0.743. The van der Waals surface area contributed by atoms with Gasteiger partial charge in [-0.1, -0.05) is 6.07 Å². The van der Waals surface area contributed by atoms with E-state index in [0.717, 1.165) is 18.5 Å². The van der Waals surface area contributed by atoms with Gasteiger partial charge in [-0.25, -0.2) is 0 Å². The number of hydrogen-bond acceptors (Lipinski definition) is 2. The molecule has 0 unspecified atom stereocenters. The predicted octanol–water partition coefficient (Wildman–Crippen LogP) is 0.903. The molecule has 0 saturated heterocycles. The van der Waals surface area contributed by atoms with E-state index in [1.807, 2.05) is 18.2 Å². The van der Waals surface area contributed by atoms with Gasteiger partial charge in [-0.3, -0.25) is 9.78 Å². The monoisotopic (exact) mass is 176 g/mol. The molecule has 13 heavy (non-hydrogen) atoms. The molecule has 1 amide bonds. The summed E-state index contributed by atoms with van der Waals surface area (Å²) in [6, 6.07) is 6.05. The number of pyridine rings is 1. The normalized spacial score (nSPS) is 15.4. The first-order chi connectivity index (χ1) is 6.34. The van der Waals surface area contributed by atoms with Crippen molar-refractivity contribution >= 4 is 5.91 Å². The Bertz CT molecular complexity index is 293. The van der Waals surface area contributed by atoms with Crippen molar-refractivity contribution in [1.82, 2.24) is 10.3 Å². The van der Waals surface area contributed by atoms with Gasteiger partial charge in [0.1, 0.15) is 0 Å². The molecule has 1 saturated carbocycles. The van der Waals surface area contributed by atoms with E-state index in [1.54, 1.807) is 6.20 Å². The summed E-state index contributed by atoms with van der Waals surface area (Å²) in [5, 5.41) is 2.92. The molecule has 1 aromatic heterocycles. The van der Waals surface area contributed by atoms with Crippen LogP contribution in [0, 0.1) is 0 Å². The van der Waals surface area contributed by atoms with Crippen molar-refractivity contribution in [3.63, 3.8) is 0 Å². The molecule has 3 nitrogen and oxygen atoms in total. The highest BCUT2D eigenvalue weighted by Gasteiger charge is 2.23. The van der Waals surface area contributed by atoms with E-state index in [1.165, 1.54) is 0 Å². The lowest BCUT2D eigenvalue weighted by Gasteiger charge is -2.01. The fraction of sp³-hybridized carbons (Fsp3) is 0.400. The first-order valence-corrected chi connectivity index (χ1v) is 4.54. The van der Waals surface area contributed by atoms with Crippen LogP contribution in [0.25, 0.3) is 0 Å². The first-order valence-electron chi connectivity index (χ1n) is 4.54. The summed E-state index contributed by atoms with van der Waals surface area (Å²) in [5.74, 6) is 0.0844. The second-order valence-corrected chi connectivity index (χ2v) is 3.34. The minimum atomic E-state index is 0.0844. The fourth-order valence-electron chi connectivity index (χ4n) is 1.17. The maximum absolute atomic E-state index is 11.3. The number of rotatable bonds is 3. The molecule has 0 bridgehead atoms. The third-order valence-corrected chi connectivity index (χ3v) is 2.01. The van der Waals surface area contributed by atoms with Crippen molar-refractivity contribution in [3.8, 4) is 0 Å². The van der Waals surface area contributed by atoms with Crippen LogP contribution in [0.2, 0.25) is 0 Å². The van der Waals surface area contributed by atoms with Crippen LogP contribution in [-0.2, 0) is 11.2 Å². The Morgan fingerprint density at radius 3 is 3.00 bits per heavy atom. The van der Waals surface area contributed by atoms with Gasteiger partial charge in [-0.05, 0) is 25.0 Å². The molecule has 0 radical (unpaired) electrons. The summed E-state index contributed by atoms with van der Waals surface area (Å²) in [6.45, 7) is 0. The van der Waals surface area contributed by atoms with Crippen molar-refractivity contribution in [2.45, 2.75) is 25.3 Å². The molecule has 2 rings (SSSR count). The molecule has 0 atom stereocenters. The number of nitrogens with zero attached hydrogens (tertiary/aromatic N) is 1. The molecule has 1 aliphatic rings. The average Bonchev–Trinajstić information content (AvgIpc) is 2.90. The topological polar surface area (TPSA) is 42.0 Å². The Morgan fingerprint density at radius 1 is 1.54 bits per heavy atom. The maximum Gasteiger partial charge on any atom is 0.226 e. The molecule has 1 aromatic rings. The number of carbonyl (C=O) groups is 1. The molecular formula is C10H12N2O. The van der Waals surface area contributed by atoms with E-state index in [9.17, 15) is 4.79 Å². The Morgan fingerprint density at radius 2 is 2.38 bits per heavy atom. The van der Waals surface area contributed by atoms with Crippen molar-refractivity contribution in [2.24, 2.45) is 0 Å². The first kappa shape index (κ1) is 8.23. The smallest absolute Gasteiger partial charge is 0.226 e. The van der Waals surface area contributed by atoms with Crippen LogP contribution in [-0.4, -0.2) is 16.9 Å².